The molecule has 0 radical (unpaired) electrons. The molecular weight excluding hydrogens is 412 g/mol. The summed E-state index contributed by atoms with van der Waals surface area (Å²) in [5.41, 5.74) is 1.98. The number of ether oxygens (including phenoxy) is 5. The van der Waals surface area contributed by atoms with Gasteiger partial charge in [0.2, 0.25) is 5.75 Å². The molecule has 0 amide bonds. The third kappa shape index (κ3) is 4.66. The Morgan fingerprint density at radius 1 is 1.06 bits per heavy atom. The van der Waals surface area contributed by atoms with Gasteiger partial charge in [-0.05, 0) is 44.0 Å². The molecule has 7 heteroatoms. The lowest BCUT2D eigenvalue weighted by Crippen LogP contribution is -2.36. The second-order valence-electron chi connectivity index (χ2n) is 8.36. The van der Waals surface area contributed by atoms with Gasteiger partial charge in [-0.3, -0.25) is 4.79 Å². The molecule has 1 aliphatic heterocycles. The van der Waals surface area contributed by atoms with Gasteiger partial charge in [-0.25, -0.2) is 4.79 Å². The van der Waals surface area contributed by atoms with Crippen molar-refractivity contribution in [2.75, 3.05) is 20.8 Å². The van der Waals surface area contributed by atoms with Crippen molar-refractivity contribution in [2.45, 2.75) is 46.3 Å². The minimum Gasteiger partial charge on any atom is -0.493 e. The van der Waals surface area contributed by atoms with Crippen molar-refractivity contribution in [3.63, 3.8) is 0 Å². The maximum atomic E-state index is 12.3. The van der Waals surface area contributed by atoms with Crippen LogP contribution in [0.4, 0.5) is 0 Å². The van der Waals surface area contributed by atoms with E-state index in [0.717, 1.165) is 16.7 Å². The largest absolute Gasteiger partial charge is 0.493 e. The molecule has 2 aromatic rings. The van der Waals surface area contributed by atoms with Crippen LogP contribution >= 0.6 is 0 Å². The number of fused-ring (bicyclic) bond motifs is 1. The molecule has 0 saturated heterocycles. The lowest BCUT2D eigenvalue weighted by atomic mass is 9.95. The highest BCUT2D eigenvalue weighted by molar-refractivity contribution is 5.96. The molecule has 3 rings (SSSR count). The van der Waals surface area contributed by atoms with Crippen molar-refractivity contribution in [3.05, 3.63) is 41.5 Å². The number of hydrogen-bond acceptors (Lipinski definition) is 7. The summed E-state index contributed by atoms with van der Waals surface area (Å²) in [6.45, 7) is 7.66. The van der Waals surface area contributed by atoms with E-state index in [1.807, 2.05) is 26.0 Å². The first-order valence-corrected chi connectivity index (χ1v) is 10.6. The molecule has 0 aromatic heterocycles. The third-order valence-electron chi connectivity index (χ3n) is 5.49. The summed E-state index contributed by atoms with van der Waals surface area (Å²) in [4.78, 5) is 24.4. The summed E-state index contributed by atoms with van der Waals surface area (Å²) in [5, 5.41) is 0. The quantitative estimate of drug-likeness (QED) is 0.517. The van der Waals surface area contributed by atoms with Crippen molar-refractivity contribution in [1.82, 2.24) is 0 Å². The van der Waals surface area contributed by atoms with Crippen LogP contribution in [0.15, 0.2) is 30.3 Å². The maximum absolute atomic E-state index is 12.3. The first-order chi connectivity index (χ1) is 15.2. The van der Waals surface area contributed by atoms with E-state index in [-0.39, 0.29) is 31.1 Å². The number of carbonyl (C=O) groups is 2. The normalized spacial score (nSPS) is 13.8. The number of esters is 2. The van der Waals surface area contributed by atoms with Gasteiger partial charge >= 0.3 is 11.9 Å². The van der Waals surface area contributed by atoms with E-state index in [9.17, 15) is 9.59 Å². The summed E-state index contributed by atoms with van der Waals surface area (Å²) in [6.07, 6.45) is 0.698. The molecule has 0 spiro atoms. The Labute approximate surface area is 188 Å². The number of methoxy groups -OCH3 is 2. The van der Waals surface area contributed by atoms with Crippen molar-refractivity contribution in [1.29, 1.82) is 0 Å². The Kier molecular flexibility index (Phi) is 6.96. The zero-order valence-corrected chi connectivity index (χ0v) is 19.4. The Morgan fingerprint density at radius 3 is 2.44 bits per heavy atom. The zero-order chi connectivity index (χ0) is 23.5. The predicted molar refractivity (Wildman–Crippen MR) is 119 cm³/mol. The summed E-state index contributed by atoms with van der Waals surface area (Å²) in [5.74, 6) is 0.545. The van der Waals surface area contributed by atoms with Crippen LogP contribution in [-0.4, -0.2) is 38.4 Å². The van der Waals surface area contributed by atoms with Crippen LogP contribution in [0.5, 0.6) is 17.2 Å². The molecule has 0 bridgehead atoms. The minimum absolute atomic E-state index is 0.0934. The predicted octanol–water partition coefficient (Wildman–Crippen LogP) is 4.79. The second-order valence-corrected chi connectivity index (χ2v) is 8.36. The molecule has 1 aliphatic rings. The topological polar surface area (TPSA) is 80.3 Å². The fraction of sp³-hybridized carbons (Fsp3) is 0.440. The van der Waals surface area contributed by atoms with Gasteiger partial charge in [0.1, 0.15) is 18.8 Å². The van der Waals surface area contributed by atoms with Gasteiger partial charge in [-0.2, -0.15) is 0 Å². The van der Waals surface area contributed by atoms with Gasteiger partial charge in [-0.1, -0.05) is 26.0 Å². The molecule has 0 fully saturated rings. The highest BCUT2D eigenvalue weighted by atomic mass is 16.6. The maximum Gasteiger partial charge on any atom is 0.338 e. The van der Waals surface area contributed by atoms with Crippen LogP contribution in [0.1, 0.15) is 50.0 Å². The molecule has 7 nitrogen and oxygen atoms in total. The number of hydrogen-bond donors (Lipinski definition) is 0. The van der Waals surface area contributed by atoms with E-state index in [1.165, 1.54) is 7.11 Å². The fourth-order valence-electron chi connectivity index (χ4n) is 3.47. The number of rotatable bonds is 9. The number of cyclic esters (lactones) is 1. The van der Waals surface area contributed by atoms with E-state index in [0.29, 0.717) is 29.2 Å². The van der Waals surface area contributed by atoms with Gasteiger partial charge in [-0.15, -0.1) is 0 Å². The Balaban J connectivity index is 2.00. The van der Waals surface area contributed by atoms with Crippen molar-refractivity contribution in [3.8, 4) is 28.4 Å². The lowest BCUT2D eigenvalue weighted by molar-refractivity contribution is -0.163. The van der Waals surface area contributed by atoms with Crippen LogP contribution < -0.4 is 14.2 Å². The lowest BCUT2D eigenvalue weighted by Gasteiger charge is -2.28. The fourth-order valence-corrected chi connectivity index (χ4v) is 3.47. The first kappa shape index (κ1) is 23.4. The van der Waals surface area contributed by atoms with Crippen molar-refractivity contribution >= 4 is 11.9 Å². The van der Waals surface area contributed by atoms with Crippen LogP contribution in [0.25, 0.3) is 11.1 Å². The average Bonchev–Trinajstić information content (AvgIpc) is 3.17. The second kappa shape index (κ2) is 9.51. The van der Waals surface area contributed by atoms with Crippen LogP contribution in [-0.2, 0) is 20.9 Å². The summed E-state index contributed by atoms with van der Waals surface area (Å²) in [6, 6.07) is 9.09. The highest BCUT2D eigenvalue weighted by Gasteiger charge is 2.30. The van der Waals surface area contributed by atoms with Gasteiger partial charge < -0.3 is 23.7 Å². The van der Waals surface area contributed by atoms with Gasteiger partial charge in [0.05, 0.1) is 25.7 Å². The van der Waals surface area contributed by atoms with E-state index in [2.05, 4.69) is 0 Å². The van der Waals surface area contributed by atoms with Gasteiger partial charge in [0.15, 0.2) is 11.5 Å². The Bertz CT molecular complexity index is 1010. The number of benzene rings is 2. The molecule has 2 aromatic carbocycles. The number of carbonyl (C=O) groups excluding carboxylic acids is 2. The standard InChI is InChI=1S/C25H30O7/c1-7-15(2)23(26)32-25(3,4)14-31-21-17(11-12-20(28-5)22(21)29-6)16-9-8-10-18-19(16)13-30-24(18)27/h8-12,15H,7,13-14H2,1-6H3. The van der Waals surface area contributed by atoms with Gasteiger partial charge in [0.25, 0.3) is 0 Å². The van der Waals surface area contributed by atoms with E-state index >= 15 is 0 Å². The molecule has 1 atom stereocenters. The first-order valence-electron chi connectivity index (χ1n) is 10.6. The molecule has 0 saturated carbocycles. The zero-order valence-electron chi connectivity index (χ0n) is 19.4. The molecule has 0 N–H and O–H groups in total. The Morgan fingerprint density at radius 2 is 1.78 bits per heavy atom. The van der Waals surface area contributed by atoms with E-state index < -0.39 is 5.60 Å². The Hall–Kier alpha value is -3.22. The molecular formula is C25H30O7. The molecule has 172 valence electrons. The molecule has 0 aliphatic carbocycles. The third-order valence-corrected chi connectivity index (χ3v) is 5.49. The molecule has 1 heterocycles. The summed E-state index contributed by atoms with van der Waals surface area (Å²) >= 11 is 0. The monoisotopic (exact) mass is 442 g/mol. The SMILES string of the molecule is CCC(C)C(=O)OC(C)(C)COc1c(-c2cccc3c2COC3=O)ccc(OC)c1OC. The minimum atomic E-state index is -0.871. The van der Waals surface area contributed by atoms with Crippen molar-refractivity contribution < 1.29 is 33.3 Å². The van der Waals surface area contributed by atoms with Crippen LogP contribution in [0.2, 0.25) is 0 Å². The van der Waals surface area contributed by atoms with Crippen molar-refractivity contribution in [2.24, 2.45) is 5.92 Å². The van der Waals surface area contributed by atoms with Crippen LogP contribution in [0, 0.1) is 5.92 Å². The van der Waals surface area contributed by atoms with E-state index in [1.54, 1.807) is 39.2 Å². The average molecular weight is 443 g/mol. The highest BCUT2D eigenvalue weighted by Crippen LogP contribution is 2.46. The van der Waals surface area contributed by atoms with E-state index in [4.69, 9.17) is 23.7 Å². The smallest absolute Gasteiger partial charge is 0.338 e. The summed E-state index contributed by atoms with van der Waals surface area (Å²) < 4.78 is 28.2. The summed E-state index contributed by atoms with van der Waals surface area (Å²) in [7, 11) is 3.08. The van der Waals surface area contributed by atoms with Gasteiger partial charge in [0, 0.05) is 11.1 Å². The molecule has 1 unspecified atom stereocenters. The molecule has 32 heavy (non-hydrogen) atoms. The van der Waals surface area contributed by atoms with Crippen LogP contribution in [0.3, 0.4) is 0 Å².